The number of aryl methyl sites for hydroxylation is 1. The first-order valence-corrected chi connectivity index (χ1v) is 14.8. The molecule has 4 rings (SSSR count). The van der Waals surface area contributed by atoms with Gasteiger partial charge in [0.1, 0.15) is 16.3 Å². The molecule has 4 aromatic rings. The Morgan fingerprint density at radius 2 is 1.79 bits per heavy atom. The zero-order chi connectivity index (χ0) is 27.8. The molecule has 0 spiro atoms. The van der Waals surface area contributed by atoms with Gasteiger partial charge in [0.05, 0.1) is 12.4 Å². The van der Waals surface area contributed by atoms with E-state index in [4.69, 9.17) is 9.47 Å². The van der Waals surface area contributed by atoms with E-state index in [1.165, 1.54) is 28.7 Å². The molecule has 1 atom stereocenters. The number of carbonyl (C=O) groups is 2. The van der Waals surface area contributed by atoms with Gasteiger partial charge >= 0.3 is 5.97 Å². The number of hydrogen-bond acceptors (Lipinski definition) is 8. The van der Waals surface area contributed by atoms with Gasteiger partial charge in [-0.25, -0.2) is 4.79 Å². The highest BCUT2D eigenvalue weighted by Gasteiger charge is 2.24. The number of thioether (sulfide) groups is 1. The highest BCUT2D eigenvalue weighted by atomic mass is 32.2. The third-order valence-electron chi connectivity index (χ3n) is 6.01. The van der Waals surface area contributed by atoms with Crippen molar-refractivity contribution in [1.82, 2.24) is 14.8 Å². The number of rotatable bonds is 12. The zero-order valence-electron chi connectivity index (χ0n) is 22.5. The highest BCUT2D eigenvalue weighted by Crippen LogP contribution is 2.36. The number of aromatic nitrogens is 3. The molecule has 0 aliphatic carbocycles. The van der Waals surface area contributed by atoms with Crippen LogP contribution >= 0.6 is 23.1 Å². The maximum Gasteiger partial charge on any atom is 0.341 e. The van der Waals surface area contributed by atoms with Crippen LogP contribution in [0.2, 0.25) is 0 Å². The molecule has 2 heterocycles. The number of nitrogens with one attached hydrogen (secondary N) is 1. The minimum absolute atomic E-state index is 0.104. The number of nitrogens with zero attached hydrogens (tertiary/aromatic N) is 3. The number of ether oxygens (including phenoxy) is 2. The lowest BCUT2D eigenvalue weighted by molar-refractivity contribution is -0.113. The highest BCUT2D eigenvalue weighted by molar-refractivity contribution is 7.99. The van der Waals surface area contributed by atoms with Crippen molar-refractivity contribution >= 4 is 40.0 Å². The first-order chi connectivity index (χ1) is 18.9. The summed E-state index contributed by atoms with van der Waals surface area (Å²) in [5.41, 5.74) is 3.23. The van der Waals surface area contributed by atoms with Crippen molar-refractivity contribution in [3.63, 3.8) is 0 Å². The standard InChI is InChI=1S/C29H32N4O4S2/c1-5-20-13-15-22(16-14-20)37-19(4)26-31-32-29(33(26)6-2)39-18-24(34)30-27-25(28(35)36-7-3)23(17-38-27)21-11-9-8-10-12-21/h8-17,19H,5-7,18H2,1-4H3,(H,30,34). The monoisotopic (exact) mass is 564 g/mol. The molecule has 10 heteroatoms. The van der Waals surface area contributed by atoms with Crippen LogP contribution in [0, 0.1) is 0 Å². The van der Waals surface area contributed by atoms with Crippen molar-refractivity contribution < 1.29 is 19.1 Å². The number of anilines is 1. The fourth-order valence-corrected chi connectivity index (χ4v) is 5.83. The number of thiophene rings is 1. The molecule has 1 N–H and O–H groups in total. The molecule has 0 saturated carbocycles. The number of esters is 1. The fourth-order valence-electron chi connectivity index (χ4n) is 4.04. The van der Waals surface area contributed by atoms with Crippen molar-refractivity contribution in [3.05, 3.63) is 76.9 Å². The van der Waals surface area contributed by atoms with Crippen molar-refractivity contribution in [2.24, 2.45) is 0 Å². The molecule has 0 fully saturated rings. The van der Waals surface area contributed by atoms with Gasteiger partial charge in [-0.1, -0.05) is 61.2 Å². The topological polar surface area (TPSA) is 95.3 Å². The van der Waals surface area contributed by atoms with Gasteiger partial charge in [-0.15, -0.1) is 21.5 Å². The normalized spacial score (nSPS) is 11.7. The molecule has 2 aromatic carbocycles. The van der Waals surface area contributed by atoms with Crippen molar-refractivity contribution in [2.45, 2.75) is 51.9 Å². The summed E-state index contributed by atoms with van der Waals surface area (Å²) < 4.78 is 13.3. The smallest absolute Gasteiger partial charge is 0.341 e. The van der Waals surface area contributed by atoms with Gasteiger partial charge in [0, 0.05) is 17.5 Å². The molecular formula is C29H32N4O4S2. The van der Waals surface area contributed by atoms with E-state index in [9.17, 15) is 9.59 Å². The minimum atomic E-state index is -0.464. The lowest BCUT2D eigenvalue weighted by atomic mass is 10.0. The largest absolute Gasteiger partial charge is 0.483 e. The second-order valence-corrected chi connectivity index (χ2v) is 10.4. The Balaban J connectivity index is 1.44. The maximum absolute atomic E-state index is 12.9. The fraction of sp³-hybridized carbons (Fsp3) is 0.310. The summed E-state index contributed by atoms with van der Waals surface area (Å²) in [6.07, 6.45) is 0.654. The first-order valence-electron chi connectivity index (χ1n) is 12.9. The van der Waals surface area contributed by atoms with Gasteiger partial charge < -0.3 is 19.4 Å². The van der Waals surface area contributed by atoms with Crippen LogP contribution in [0.4, 0.5) is 5.00 Å². The molecule has 0 saturated heterocycles. The number of carbonyl (C=O) groups excluding carboxylic acids is 2. The van der Waals surface area contributed by atoms with Crippen molar-refractivity contribution in [3.8, 4) is 16.9 Å². The molecule has 39 heavy (non-hydrogen) atoms. The SMILES string of the molecule is CCOC(=O)c1c(-c2ccccc2)csc1NC(=O)CSc1nnc(C(C)Oc2ccc(CC)cc2)n1CC. The Morgan fingerprint density at radius 1 is 1.05 bits per heavy atom. The molecule has 0 aliphatic rings. The van der Waals surface area contributed by atoms with Gasteiger partial charge in [-0.2, -0.15) is 0 Å². The second-order valence-electron chi connectivity index (χ2n) is 8.62. The van der Waals surface area contributed by atoms with Crippen molar-refractivity contribution in [1.29, 1.82) is 0 Å². The average molecular weight is 565 g/mol. The average Bonchev–Trinajstić information content (AvgIpc) is 3.57. The van der Waals surface area contributed by atoms with Crippen molar-refractivity contribution in [2.75, 3.05) is 17.7 Å². The molecule has 0 radical (unpaired) electrons. The molecule has 1 unspecified atom stereocenters. The Labute approximate surface area is 236 Å². The lowest BCUT2D eigenvalue weighted by Crippen LogP contribution is -2.17. The Kier molecular flexibility index (Phi) is 9.78. The van der Waals surface area contributed by atoms with Crippen LogP contribution in [-0.4, -0.2) is 39.0 Å². The van der Waals surface area contributed by atoms with Crippen LogP contribution in [-0.2, 0) is 22.5 Å². The van der Waals surface area contributed by atoms with Gasteiger partial charge in [-0.3, -0.25) is 4.79 Å². The summed E-state index contributed by atoms with van der Waals surface area (Å²) in [6, 6.07) is 17.6. The Hall–Kier alpha value is -3.63. The van der Waals surface area contributed by atoms with Crippen LogP contribution in [0.3, 0.4) is 0 Å². The summed E-state index contributed by atoms with van der Waals surface area (Å²) >= 11 is 2.59. The Morgan fingerprint density at radius 3 is 2.46 bits per heavy atom. The predicted octanol–water partition coefficient (Wildman–Crippen LogP) is 6.64. The predicted molar refractivity (Wildman–Crippen MR) is 156 cm³/mol. The molecular weight excluding hydrogens is 532 g/mol. The third-order valence-corrected chi connectivity index (χ3v) is 7.87. The van der Waals surface area contributed by atoms with E-state index in [-0.39, 0.29) is 24.4 Å². The van der Waals surface area contributed by atoms with Crippen LogP contribution in [0.15, 0.2) is 65.1 Å². The number of amides is 1. The van der Waals surface area contributed by atoms with E-state index in [1.807, 2.05) is 66.3 Å². The zero-order valence-corrected chi connectivity index (χ0v) is 24.1. The molecule has 1 amide bonds. The van der Waals surface area contributed by atoms with E-state index in [1.54, 1.807) is 6.92 Å². The molecule has 204 valence electrons. The third kappa shape index (κ3) is 6.88. The van der Waals surface area contributed by atoms with E-state index in [0.717, 1.165) is 23.3 Å². The first kappa shape index (κ1) is 28.4. The van der Waals surface area contributed by atoms with Crippen LogP contribution < -0.4 is 10.1 Å². The van der Waals surface area contributed by atoms with E-state index in [2.05, 4.69) is 34.6 Å². The summed E-state index contributed by atoms with van der Waals surface area (Å²) in [7, 11) is 0. The van der Waals surface area contributed by atoms with E-state index in [0.29, 0.717) is 28.1 Å². The molecule has 8 nitrogen and oxygen atoms in total. The van der Waals surface area contributed by atoms with Crippen LogP contribution in [0.1, 0.15) is 55.5 Å². The number of hydrogen-bond donors (Lipinski definition) is 1. The number of benzene rings is 2. The van der Waals surface area contributed by atoms with Gasteiger partial charge in [0.25, 0.3) is 0 Å². The minimum Gasteiger partial charge on any atom is -0.483 e. The molecule has 0 bridgehead atoms. The van der Waals surface area contributed by atoms with Gasteiger partial charge in [0.15, 0.2) is 17.1 Å². The molecule has 0 aliphatic heterocycles. The summed E-state index contributed by atoms with van der Waals surface area (Å²) in [5.74, 6) is 0.846. The Bertz CT molecular complexity index is 1400. The van der Waals surface area contributed by atoms with E-state index < -0.39 is 5.97 Å². The van der Waals surface area contributed by atoms with Gasteiger partial charge in [0.2, 0.25) is 5.91 Å². The van der Waals surface area contributed by atoms with Crippen LogP contribution in [0.25, 0.3) is 11.1 Å². The van der Waals surface area contributed by atoms with Gasteiger partial charge in [-0.05, 0) is 50.5 Å². The van der Waals surface area contributed by atoms with E-state index >= 15 is 0 Å². The summed E-state index contributed by atoms with van der Waals surface area (Å²) in [6.45, 7) is 8.68. The quantitative estimate of drug-likeness (QED) is 0.152. The second kappa shape index (κ2) is 13.4. The molecule has 2 aromatic heterocycles. The maximum atomic E-state index is 12.9. The lowest BCUT2D eigenvalue weighted by Gasteiger charge is -2.16. The van der Waals surface area contributed by atoms with Crippen LogP contribution in [0.5, 0.6) is 5.75 Å². The summed E-state index contributed by atoms with van der Waals surface area (Å²) in [4.78, 5) is 25.7. The summed E-state index contributed by atoms with van der Waals surface area (Å²) in [5, 5.41) is 14.5.